The molecule has 2 heterocycles. The number of hydrogen-bond donors (Lipinski definition) is 0. The molecule has 0 saturated carbocycles. The minimum Gasteiger partial charge on any atom is -0.458 e. The van der Waals surface area contributed by atoms with Gasteiger partial charge in [0.15, 0.2) is 4.90 Å². The van der Waals surface area contributed by atoms with Crippen LogP contribution in [0.4, 0.5) is 5.69 Å². The zero-order valence-corrected chi connectivity index (χ0v) is 24.0. The van der Waals surface area contributed by atoms with E-state index in [0.717, 1.165) is 22.0 Å². The molecule has 1 amide bonds. The van der Waals surface area contributed by atoms with Gasteiger partial charge < -0.3 is 14.4 Å². The Hall–Kier alpha value is -3.35. The molecule has 1 unspecified atom stereocenters. The van der Waals surface area contributed by atoms with Gasteiger partial charge in [0.2, 0.25) is 5.91 Å². The van der Waals surface area contributed by atoms with Gasteiger partial charge in [-0.3, -0.25) is 14.9 Å². The van der Waals surface area contributed by atoms with Crippen LogP contribution in [0, 0.1) is 16.0 Å². The summed E-state index contributed by atoms with van der Waals surface area (Å²) >= 11 is 0. The molecule has 0 aromatic heterocycles. The van der Waals surface area contributed by atoms with Gasteiger partial charge in [0.1, 0.15) is 17.7 Å². The number of benzene rings is 2. The third kappa shape index (κ3) is 6.18. The van der Waals surface area contributed by atoms with E-state index >= 15 is 0 Å². The van der Waals surface area contributed by atoms with Crippen molar-refractivity contribution >= 4 is 27.6 Å². The summed E-state index contributed by atoms with van der Waals surface area (Å²) in [5, 5.41) is 11.6. The van der Waals surface area contributed by atoms with Crippen LogP contribution in [0.5, 0.6) is 0 Å². The van der Waals surface area contributed by atoms with Gasteiger partial charge in [-0.05, 0) is 44.7 Å². The van der Waals surface area contributed by atoms with Crippen LogP contribution in [0.15, 0.2) is 59.5 Å². The lowest BCUT2D eigenvalue weighted by Gasteiger charge is -2.37. The quantitative estimate of drug-likeness (QED) is 0.182. The van der Waals surface area contributed by atoms with Gasteiger partial charge in [-0.2, -0.15) is 4.31 Å². The van der Waals surface area contributed by atoms with Crippen molar-refractivity contribution in [3.8, 4) is 0 Å². The molecular weight excluding hydrogens is 538 g/mol. The molecule has 0 bridgehead atoms. The summed E-state index contributed by atoms with van der Waals surface area (Å²) in [6.07, 6.45) is -0.474. The van der Waals surface area contributed by atoms with E-state index in [4.69, 9.17) is 9.47 Å². The maximum Gasteiger partial charge on any atom is 0.329 e. The number of carbonyl (C=O) groups is 2. The molecule has 11 nitrogen and oxygen atoms in total. The van der Waals surface area contributed by atoms with Crippen LogP contribution in [0.3, 0.4) is 0 Å². The van der Waals surface area contributed by atoms with Gasteiger partial charge in [0, 0.05) is 12.6 Å². The van der Waals surface area contributed by atoms with Gasteiger partial charge >= 0.3 is 5.97 Å². The largest absolute Gasteiger partial charge is 0.458 e. The fraction of sp³-hybridized carbons (Fsp3) is 0.500. The summed E-state index contributed by atoms with van der Waals surface area (Å²) in [6.45, 7) is 9.15. The number of nitro groups is 1. The first kappa shape index (κ1) is 29.6. The molecule has 2 aromatic carbocycles. The zero-order valence-electron chi connectivity index (χ0n) is 23.2. The van der Waals surface area contributed by atoms with Crippen LogP contribution in [0.1, 0.15) is 46.6 Å². The molecule has 2 aliphatic rings. The SMILES string of the molecule is CC(C)C[C@@H](C(=O)OC(C)(C)C)N1C[C@H](OCc2ccccc2)[C@H]2[C@H](C1=O)N2S(=O)(=O)c1ccccc1[N+](=O)[O-]. The predicted molar refractivity (Wildman–Crippen MR) is 146 cm³/mol. The molecule has 2 saturated heterocycles. The van der Waals surface area contributed by atoms with Crippen LogP contribution < -0.4 is 0 Å². The van der Waals surface area contributed by atoms with Crippen molar-refractivity contribution in [3.05, 3.63) is 70.3 Å². The maximum atomic E-state index is 13.8. The third-order valence-corrected chi connectivity index (χ3v) is 8.70. The van der Waals surface area contributed by atoms with Crippen LogP contribution in [0.25, 0.3) is 0 Å². The molecule has 0 spiro atoms. The van der Waals surface area contributed by atoms with Crippen molar-refractivity contribution in [1.29, 1.82) is 0 Å². The molecule has 4 rings (SSSR count). The Kier molecular flexibility index (Phi) is 8.34. The summed E-state index contributed by atoms with van der Waals surface area (Å²) < 4.78 is 40.3. The minimum absolute atomic E-state index is 0.0257. The van der Waals surface area contributed by atoms with Crippen LogP contribution in [-0.4, -0.2) is 70.8 Å². The van der Waals surface area contributed by atoms with Crippen LogP contribution in [0.2, 0.25) is 0 Å². The Morgan fingerprint density at radius 1 is 1.10 bits per heavy atom. The second-order valence-electron chi connectivity index (χ2n) is 11.5. The van der Waals surface area contributed by atoms with Crippen molar-refractivity contribution < 1.29 is 32.4 Å². The summed E-state index contributed by atoms with van der Waals surface area (Å²) in [6, 6.07) is 11.3. The summed E-state index contributed by atoms with van der Waals surface area (Å²) in [7, 11) is -4.45. The molecule has 0 N–H and O–H groups in total. The number of piperidine rings is 1. The van der Waals surface area contributed by atoms with E-state index in [2.05, 4.69) is 0 Å². The average molecular weight is 574 g/mol. The van der Waals surface area contributed by atoms with Crippen molar-refractivity contribution in [3.63, 3.8) is 0 Å². The monoisotopic (exact) mass is 573 g/mol. The molecule has 2 aromatic rings. The smallest absolute Gasteiger partial charge is 0.329 e. The first-order valence-corrected chi connectivity index (χ1v) is 14.6. The van der Waals surface area contributed by atoms with E-state index in [9.17, 15) is 28.1 Å². The predicted octanol–water partition coefficient (Wildman–Crippen LogP) is 3.52. The van der Waals surface area contributed by atoms with Gasteiger partial charge in [0.25, 0.3) is 15.7 Å². The summed E-state index contributed by atoms with van der Waals surface area (Å²) in [4.78, 5) is 38.8. The van der Waals surface area contributed by atoms with E-state index < -0.39 is 67.2 Å². The standard InChI is InChI=1S/C28H35N3O8S/c1-18(2)15-21(27(33)39-28(3,4)5)29-16-22(38-17-19-11-7-6-8-12-19)24-25(26(29)32)30(24)40(36,37)23-14-10-9-13-20(23)31(34)35/h6-14,18,21-22,24-25H,15-17H2,1-5H3/t21-,22-,24-,25+,30?/m0/s1. The van der Waals surface area contributed by atoms with Gasteiger partial charge in [0.05, 0.1) is 23.7 Å². The molecule has 0 aliphatic carbocycles. The molecule has 2 aliphatic heterocycles. The molecule has 0 radical (unpaired) electrons. The Labute approximate surface area is 234 Å². The van der Waals surface area contributed by atoms with Crippen molar-refractivity contribution in [2.24, 2.45) is 5.92 Å². The molecule has 5 atom stereocenters. The van der Waals surface area contributed by atoms with Gasteiger partial charge in [-0.1, -0.05) is 56.3 Å². The first-order chi connectivity index (χ1) is 18.7. The Bertz CT molecular complexity index is 1370. The highest BCUT2D eigenvalue weighted by Gasteiger charge is 2.68. The number of likely N-dealkylation sites (tertiary alicyclic amines) is 1. The molecule has 2 fully saturated rings. The lowest BCUT2D eigenvalue weighted by molar-refractivity contribution is -0.387. The van der Waals surface area contributed by atoms with Crippen molar-refractivity contribution in [2.75, 3.05) is 6.54 Å². The van der Waals surface area contributed by atoms with Crippen molar-refractivity contribution in [1.82, 2.24) is 9.21 Å². The number of nitro benzene ring substituents is 1. The normalized spacial score (nSPS) is 23.4. The van der Waals surface area contributed by atoms with E-state index in [1.807, 2.05) is 44.2 Å². The van der Waals surface area contributed by atoms with Gasteiger partial charge in [-0.15, -0.1) is 0 Å². The Morgan fingerprint density at radius 2 is 1.73 bits per heavy atom. The average Bonchev–Trinajstić information content (AvgIpc) is 3.64. The number of hydrogen-bond acceptors (Lipinski definition) is 8. The lowest BCUT2D eigenvalue weighted by atomic mass is 9.98. The summed E-state index contributed by atoms with van der Waals surface area (Å²) in [5.74, 6) is -1.11. The number of ether oxygens (including phenoxy) is 2. The number of nitrogens with zero attached hydrogens (tertiary/aromatic N) is 3. The fourth-order valence-electron chi connectivity index (χ4n) is 5.04. The number of carbonyl (C=O) groups excluding carboxylic acids is 2. The van der Waals surface area contributed by atoms with Crippen LogP contribution >= 0.6 is 0 Å². The number of esters is 1. The number of rotatable bonds is 10. The fourth-order valence-corrected chi connectivity index (χ4v) is 6.95. The van der Waals surface area contributed by atoms with E-state index in [1.165, 1.54) is 17.0 Å². The first-order valence-electron chi connectivity index (χ1n) is 13.2. The maximum absolute atomic E-state index is 13.8. The minimum atomic E-state index is -4.45. The van der Waals surface area contributed by atoms with Crippen molar-refractivity contribution in [2.45, 2.75) is 82.4 Å². The van der Waals surface area contributed by atoms with Crippen LogP contribution in [-0.2, 0) is 35.7 Å². The molecule has 216 valence electrons. The molecule has 40 heavy (non-hydrogen) atoms. The highest BCUT2D eigenvalue weighted by Crippen LogP contribution is 2.45. The van der Waals surface area contributed by atoms with E-state index in [1.54, 1.807) is 20.8 Å². The lowest BCUT2D eigenvalue weighted by Crippen LogP contribution is -2.56. The second kappa shape index (κ2) is 11.3. The number of para-hydroxylation sites is 1. The Morgan fingerprint density at radius 3 is 2.33 bits per heavy atom. The highest BCUT2D eigenvalue weighted by atomic mass is 32.2. The third-order valence-electron chi connectivity index (χ3n) is 6.77. The number of sulfonamides is 1. The molecule has 12 heteroatoms. The highest BCUT2D eigenvalue weighted by molar-refractivity contribution is 7.89. The van der Waals surface area contributed by atoms with E-state index in [-0.39, 0.29) is 19.1 Å². The van der Waals surface area contributed by atoms with E-state index in [0.29, 0.717) is 6.42 Å². The number of fused-ring (bicyclic) bond motifs is 1. The second-order valence-corrected chi connectivity index (χ2v) is 13.3. The molecular formula is C28H35N3O8S. The Balaban J connectivity index is 1.71. The summed E-state index contributed by atoms with van der Waals surface area (Å²) in [5.41, 5.74) is -0.524. The topological polar surface area (TPSA) is 136 Å². The zero-order chi connectivity index (χ0) is 29.4. The van der Waals surface area contributed by atoms with Gasteiger partial charge in [-0.25, -0.2) is 13.2 Å². The number of amides is 1.